The highest BCUT2D eigenvalue weighted by Crippen LogP contribution is 2.19. The van der Waals surface area contributed by atoms with Gasteiger partial charge in [0.05, 0.1) is 6.61 Å². The van der Waals surface area contributed by atoms with Gasteiger partial charge in [0, 0.05) is 38.8 Å². The Morgan fingerprint density at radius 1 is 1.33 bits per heavy atom. The molecule has 1 fully saturated rings. The molecule has 134 valence electrons. The first kappa shape index (κ1) is 18.7. The Balaban J connectivity index is 1.83. The van der Waals surface area contributed by atoms with Gasteiger partial charge in [0.25, 0.3) is 0 Å². The fourth-order valence-corrected chi connectivity index (χ4v) is 3.39. The van der Waals surface area contributed by atoms with Crippen molar-refractivity contribution in [3.05, 3.63) is 35.9 Å². The van der Waals surface area contributed by atoms with Crippen molar-refractivity contribution in [3.8, 4) is 0 Å². The molecule has 1 aromatic rings. The van der Waals surface area contributed by atoms with Crippen LogP contribution in [0.1, 0.15) is 32.3 Å². The molecule has 24 heavy (non-hydrogen) atoms. The summed E-state index contributed by atoms with van der Waals surface area (Å²) in [6.45, 7) is 8.32. The number of piperidine rings is 1. The molecule has 5 nitrogen and oxygen atoms in total. The molecule has 2 atom stereocenters. The Labute approximate surface area is 145 Å². The summed E-state index contributed by atoms with van der Waals surface area (Å²) in [7, 11) is 0. The fourth-order valence-electron chi connectivity index (χ4n) is 3.39. The molecule has 0 aromatic heterocycles. The van der Waals surface area contributed by atoms with Crippen LogP contribution in [0.4, 0.5) is 4.79 Å². The number of carbonyl (C=O) groups excluding carboxylic acids is 1. The van der Waals surface area contributed by atoms with Crippen molar-refractivity contribution in [2.45, 2.75) is 39.3 Å². The highest BCUT2D eigenvalue weighted by atomic mass is 16.3. The van der Waals surface area contributed by atoms with Crippen LogP contribution in [0.2, 0.25) is 0 Å². The van der Waals surface area contributed by atoms with Crippen LogP contribution in [0.5, 0.6) is 0 Å². The summed E-state index contributed by atoms with van der Waals surface area (Å²) >= 11 is 0. The van der Waals surface area contributed by atoms with Crippen LogP contribution in [-0.2, 0) is 6.54 Å². The number of urea groups is 1. The van der Waals surface area contributed by atoms with Gasteiger partial charge >= 0.3 is 6.03 Å². The lowest BCUT2D eigenvalue weighted by molar-refractivity contribution is 0.130. The van der Waals surface area contributed by atoms with E-state index in [9.17, 15) is 4.79 Å². The molecule has 0 bridgehead atoms. The zero-order chi connectivity index (χ0) is 17.4. The Kier molecular flexibility index (Phi) is 7.53. The van der Waals surface area contributed by atoms with Crippen molar-refractivity contribution >= 4 is 6.03 Å². The average molecular weight is 333 g/mol. The number of nitrogens with one attached hydrogen (secondary N) is 1. The van der Waals surface area contributed by atoms with E-state index in [0.717, 1.165) is 32.5 Å². The lowest BCUT2D eigenvalue weighted by atomic mass is 9.93. The molecule has 0 aliphatic carbocycles. The van der Waals surface area contributed by atoms with Gasteiger partial charge in [-0.2, -0.15) is 0 Å². The summed E-state index contributed by atoms with van der Waals surface area (Å²) in [4.78, 5) is 16.6. The van der Waals surface area contributed by atoms with E-state index >= 15 is 0 Å². The number of hydrogen-bond acceptors (Lipinski definition) is 3. The first-order chi connectivity index (χ1) is 11.6. The predicted molar refractivity (Wildman–Crippen MR) is 96.8 cm³/mol. The van der Waals surface area contributed by atoms with Crippen molar-refractivity contribution in [1.29, 1.82) is 0 Å². The van der Waals surface area contributed by atoms with Crippen molar-refractivity contribution in [2.24, 2.45) is 5.92 Å². The summed E-state index contributed by atoms with van der Waals surface area (Å²) in [5.41, 5.74) is 1.34. The summed E-state index contributed by atoms with van der Waals surface area (Å²) in [6, 6.07) is 10.7. The monoisotopic (exact) mass is 333 g/mol. The molecular formula is C19H31N3O2. The summed E-state index contributed by atoms with van der Waals surface area (Å²) in [5, 5.41) is 12.3. The van der Waals surface area contributed by atoms with E-state index in [2.05, 4.69) is 41.4 Å². The van der Waals surface area contributed by atoms with Gasteiger partial charge in [0.2, 0.25) is 0 Å². The van der Waals surface area contributed by atoms with Gasteiger partial charge in [-0.25, -0.2) is 4.79 Å². The zero-order valence-electron chi connectivity index (χ0n) is 14.9. The van der Waals surface area contributed by atoms with E-state index in [-0.39, 0.29) is 18.7 Å². The molecule has 0 spiro atoms. The van der Waals surface area contributed by atoms with Crippen molar-refractivity contribution < 1.29 is 9.90 Å². The van der Waals surface area contributed by atoms with E-state index in [4.69, 9.17) is 5.11 Å². The predicted octanol–water partition coefficient (Wildman–Crippen LogP) is 2.31. The smallest absolute Gasteiger partial charge is 0.317 e. The molecule has 2 amide bonds. The molecule has 0 saturated carbocycles. The zero-order valence-corrected chi connectivity index (χ0v) is 14.9. The van der Waals surface area contributed by atoms with Crippen LogP contribution in [-0.4, -0.2) is 59.8 Å². The lowest BCUT2D eigenvalue weighted by Gasteiger charge is -2.38. The molecule has 2 unspecified atom stereocenters. The molecular weight excluding hydrogens is 302 g/mol. The number of amides is 2. The minimum Gasteiger partial charge on any atom is -0.395 e. The second-order valence-electron chi connectivity index (χ2n) is 6.75. The first-order valence-electron chi connectivity index (χ1n) is 9.06. The van der Waals surface area contributed by atoms with Crippen molar-refractivity contribution in [1.82, 2.24) is 15.1 Å². The number of aliphatic hydroxyl groups excluding tert-OH is 1. The van der Waals surface area contributed by atoms with Crippen LogP contribution < -0.4 is 5.32 Å². The molecule has 1 aliphatic rings. The molecule has 2 rings (SSSR count). The molecule has 1 aliphatic heterocycles. The molecule has 1 heterocycles. The Morgan fingerprint density at radius 2 is 2.08 bits per heavy atom. The fraction of sp³-hybridized carbons (Fsp3) is 0.632. The van der Waals surface area contributed by atoms with Crippen LogP contribution in [0.25, 0.3) is 0 Å². The topological polar surface area (TPSA) is 55.8 Å². The van der Waals surface area contributed by atoms with Gasteiger partial charge < -0.3 is 15.3 Å². The molecule has 1 saturated heterocycles. The lowest BCUT2D eigenvalue weighted by Crippen LogP contribution is -2.53. The normalized spacial score (nSPS) is 21.5. The summed E-state index contributed by atoms with van der Waals surface area (Å²) < 4.78 is 0. The maximum Gasteiger partial charge on any atom is 0.317 e. The number of likely N-dealkylation sites (tertiary alicyclic amines) is 1. The van der Waals surface area contributed by atoms with Gasteiger partial charge in [0.15, 0.2) is 0 Å². The first-order valence-corrected chi connectivity index (χ1v) is 9.06. The SMILES string of the molecule is CCCN(CCO)C(=O)NC1CCN(Cc2ccccc2)CC1C. The van der Waals surface area contributed by atoms with E-state index < -0.39 is 0 Å². The molecule has 2 N–H and O–H groups in total. The minimum absolute atomic E-state index is 0.0124. The third kappa shape index (κ3) is 5.49. The van der Waals surface area contributed by atoms with Crippen LogP contribution in [0.3, 0.4) is 0 Å². The standard InChI is InChI=1S/C19H31N3O2/c1-3-10-22(12-13-23)19(24)20-18-9-11-21(14-16(18)2)15-17-7-5-4-6-8-17/h4-8,16,18,23H,3,9-15H2,1-2H3,(H,20,24). The number of carbonyl (C=O) groups is 1. The number of benzene rings is 1. The second-order valence-corrected chi connectivity index (χ2v) is 6.75. The van der Waals surface area contributed by atoms with Crippen LogP contribution in [0, 0.1) is 5.92 Å². The Bertz CT molecular complexity index is 489. The quantitative estimate of drug-likeness (QED) is 0.805. The number of rotatable bonds is 7. The largest absolute Gasteiger partial charge is 0.395 e. The summed E-state index contributed by atoms with van der Waals surface area (Å²) in [6.07, 6.45) is 1.87. The minimum atomic E-state index is -0.0424. The van der Waals surface area contributed by atoms with Gasteiger partial charge in [-0.1, -0.05) is 44.2 Å². The molecule has 5 heteroatoms. The maximum absolute atomic E-state index is 12.4. The number of aliphatic hydroxyl groups is 1. The Hall–Kier alpha value is -1.59. The number of hydrogen-bond donors (Lipinski definition) is 2. The van der Waals surface area contributed by atoms with Gasteiger partial charge in [-0.15, -0.1) is 0 Å². The maximum atomic E-state index is 12.4. The third-order valence-corrected chi connectivity index (χ3v) is 4.70. The number of nitrogens with zero attached hydrogens (tertiary/aromatic N) is 2. The molecule has 0 radical (unpaired) electrons. The Morgan fingerprint density at radius 3 is 2.71 bits per heavy atom. The van der Waals surface area contributed by atoms with E-state index in [1.165, 1.54) is 5.56 Å². The van der Waals surface area contributed by atoms with E-state index in [1.54, 1.807) is 4.90 Å². The third-order valence-electron chi connectivity index (χ3n) is 4.70. The summed E-state index contributed by atoms with van der Waals surface area (Å²) in [5.74, 6) is 0.420. The van der Waals surface area contributed by atoms with Gasteiger partial charge in [-0.3, -0.25) is 4.90 Å². The van der Waals surface area contributed by atoms with Gasteiger partial charge in [0.1, 0.15) is 0 Å². The van der Waals surface area contributed by atoms with Crippen LogP contribution >= 0.6 is 0 Å². The van der Waals surface area contributed by atoms with Crippen molar-refractivity contribution in [2.75, 3.05) is 32.8 Å². The highest BCUT2D eigenvalue weighted by Gasteiger charge is 2.28. The van der Waals surface area contributed by atoms with Crippen LogP contribution in [0.15, 0.2) is 30.3 Å². The molecule has 1 aromatic carbocycles. The van der Waals surface area contributed by atoms with E-state index in [0.29, 0.717) is 19.0 Å². The van der Waals surface area contributed by atoms with Gasteiger partial charge in [-0.05, 0) is 24.3 Å². The van der Waals surface area contributed by atoms with Crippen molar-refractivity contribution in [3.63, 3.8) is 0 Å². The highest BCUT2D eigenvalue weighted by molar-refractivity contribution is 5.74. The second kappa shape index (κ2) is 9.64. The average Bonchev–Trinajstić information content (AvgIpc) is 2.58. The van der Waals surface area contributed by atoms with E-state index in [1.807, 2.05) is 13.0 Å².